The highest BCUT2D eigenvalue weighted by Crippen LogP contribution is 2.35. The first-order valence-corrected chi connectivity index (χ1v) is 9.85. The van der Waals surface area contributed by atoms with Crippen molar-refractivity contribution in [2.45, 2.75) is 19.6 Å². The van der Waals surface area contributed by atoms with E-state index in [2.05, 4.69) is 17.2 Å². The second-order valence-electron chi connectivity index (χ2n) is 6.64. The molecule has 1 heterocycles. The molecule has 0 spiro atoms. The molecule has 0 saturated carbocycles. The van der Waals surface area contributed by atoms with Crippen molar-refractivity contribution < 1.29 is 19.0 Å². The van der Waals surface area contributed by atoms with Crippen LogP contribution in [0.5, 0.6) is 11.5 Å². The molecule has 0 aromatic heterocycles. The quantitative estimate of drug-likeness (QED) is 0.380. The van der Waals surface area contributed by atoms with Crippen LogP contribution in [-0.4, -0.2) is 24.8 Å². The maximum atomic E-state index is 12.6. The molecule has 0 bridgehead atoms. The Morgan fingerprint density at radius 1 is 1.20 bits per heavy atom. The van der Waals surface area contributed by atoms with Crippen molar-refractivity contribution in [1.82, 2.24) is 10.6 Å². The molecule has 2 aromatic rings. The van der Waals surface area contributed by atoms with E-state index in [-0.39, 0.29) is 6.61 Å². The predicted molar refractivity (Wildman–Crippen MR) is 119 cm³/mol. The maximum Gasteiger partial charge on any atom is 0.338 e. The smallest absolute Gasteiger partial charge is 0.338 e. The Kier molecular flexibility index (Phi) is 7.08. The molecule has 3 rings (SSSR count). The van der Waals surface area contributed by atoms with E-state index < -0.39 is 12.0 Å². The van der Waals surface area contributed by atoms with Gasteiger partial charge < -0.3 is 24.8 Å². The summed E-state index contributed by atoms with van der Waals surface area (Å²) in [6, 6.07) is 14.9. The number of thiocarbonyl (C=S) groups is 1. The predicted octanol–water partition coefficient (Wildman–Crippen LogP) is 3.80. The number of hydrogen-bond acceptors (Lipinski definition) is 5. The highest BCUT2D eigenvalue weighted by molar-refractivity contribution is 7.80. The van der Waals surface area contributed by atoms with E-state index in [1.54, 1.807) is 14.0 Å². The van der Waals surface area contributed by atoms with Crippen LogP contribution in [0, 0.1) is 0 Å². The van der Waals surface area contributed by atoms with Gasteiger partial charge in [-0.15, -0.1) is 0 Å². The molecule has 1 atom stereocenters. The number of benzene rings is 2. The zero-order valence-electron chi connectivity index (χ0n) is 16.9. The largest absolute Gasteiger partial charge is 0.493 e. The summed E-state index contributed by atoms with van der Waals surface area (Å²) in [7, 11) is 1.58. The van der Waals surface area contributed by atoms with Crippen LogP contribution in [0.3, 0.4) is 0 Å². The normalized spacial score (nSPS) is 15.7. The van der Waals surface area contributed by atoms with Crippen molar-refractivity contribution in [2.24, 2.45) is 0 Å². The number of hydrogen-bond donors (Lipinski definition) is 2. The van der Waals surface area contributed by atoms with E-state index in [1.807, 2.05) is 48.5 Å². The fourth-order valence-electron chi connectivity index (χ4n) is 3.15. The summed E-state index contributed by atoms with van der Waals surface area (Å²) in [6.07, 6.45) is 1.53. The summed E-state index contributed by atoms with van der Waals surface area (Å²) >= 11 is 5.29. The van der Waals surface area contributed by atoms with Gasteiger partial charge in [0, 0.05) is 5.70 Å². The zero-order valence-corrected chi connectivity index (χ0v) is 17.8. The molecule has 2 aromatic carbocycles. The summed E-state index contributed by atoms with van der Waals surface area (Å²) in [4.78, 5) is 12.6. The molecule has 0 radical (unpaired) electrons. The Morgan fingerprint density at radius 2 is 1.97 bits per heavy atom. The zero-order chi connectivity index (χ0) is 21.5. The number of ether oxygens (including phenoxy) is 3. The standard InChI is InChI=1S/C23H24N2O4S/c1-4-12-28-22(26)20-15(2)24-23(30)25-21(20)17-10-11-18(19(13-17)27-3)29-14-16-8-6-5-7-9-16/h4-11,13,21H,1,12,14H2,2-3H3,(H2,24,25,30)/t21-/m0/s1. The minimum Gasteiger partial charge on any atom is -0.493 e. The topological polar surface area (TPSA) is 68.8 Å². The van der Waals surface area contributed by atoms with Gasteiger partial charge in [0.15, 0.2) is 16.6 Å². The van der Waals surface area contributed by atoms with Gasteiger partial charge in [-0.2, -0.15) is 0 Å². The van der Waals surface area contributed by atoms with Crippen molar-refractivity contribution >= 4 is 23.3 Å². The first-order valence-electron chi connectivity index (χ1n) is 9.44. The van der Waals surface area contributed by atoms with Crippen molar-refractivity contribution in [3.05, 3.63) is 83.6 Å². The maximum absolute atomic E-state index is 12.6. The lowest BCUT2D eigenvalue weighted by atomic mass is 9.95. The molecule has 0 aliphatic carbocycles. The van der Waals surface area contributed by atoms with Crippen molar-refractivity contribution in [3.8, 4) is 11.5 Å². The SMILES string of the molecule is C=CCOC(=O)C1=C(C)NC(=S)N[C@H]1c1ccc(OCc2ccccc2)c(OC)c1. The van der Waals surface area contributed by atoms with Gasteiger partial charge in [0.05, 0.1) is 18.7 Å². The first kappa shape index (κ1) is 21.4. The third kappa shape index (κ3) is 4.99. The molecule has 7 heteroatoms. The summed E-state index contributed by atoms with van der Waals surface area (Å²) in [5.41, 5.74) is 2.94. The van der Waals surface area contributed by atoms with E-state index in [9.17, 15) is 4.79 Å². The molecule has 30 heavy (non-hydrogen) atoms. The van der Waals surface area contributed by atoms with Gasteiger partial charge >= 0.3 is 5.97 Å². The Hall–Kier alpha value is -3.32. The molecular weight excluding hydrogens is 400 g/mol. The molecule has 0 unspecified atom stereocenters. The number of rotatable bonds is 8. The number of nitrogens with one attached hydrogen (secondary N) is 2. The molecular formula is C23H24N2O4S. The second kappa shape index (κ2) is 9.93. The van der Waals surface area contributed by atoms with Crippen molar-refractivity contribution in [3.63, 3.8) is 0 Å². The van der Waals surface area contributed by atoms with Gasteiger partial charge in [0.2, 0.25) is 0 Å². The highest BCUT2D eigenvalue weighted by atomic mass is 32.1. The highest BCUT2D eigenvalue weighted by Gasteiger charge is 2.31. The minimum absolute atomic E-state index is 0.127. The molecule has 156 valence electrons. The molecule has 2 N–H and O–H groups in total. The van der Waals surface area contributed by atoms with Gasteiger partial charge in [-0.05, 0) is 42.4 Å². The molecule has 1 aliphatic heterocycles. The van der Waals surface area contributed by atoms with Crippen LogP contribution in [0.2, 0.25) is 0 Å². The lowest BCUT2D eigenvalue weighted by molar-refractivity contribution is -0.138. The van der Waals surface area contributed by atoms with Crippen molar-refractivity contribution in [1.29, 1.82) is 0 Å². The fraction of sp³-hybridized carbons (Fsp3) is 0.217. The Bertz CT molecular complexity index is 972. The van der Waals surface area contributed by atoms with E-state index >= 15 is 0 Å². The third-order valence-electron chi connectivity index (χ3n) is 4.58. The Labute approximate surface area is 181 Å². The van der Waals surface area contributed by atoms with Crippen LogP contribution in [0.1, 0.15) is 24.1 Å². The van der Waals surface area contributed by atoms with Crippen LogP contribution < -0.4 is 20.1 Å². The lowest BCUT2D eigenvalue weighted by Crippen LogP contribution is -2.45. The average Bonchev–Trinajstić information content (AvgIpc) is 2.76. The average molecular weight is 425 g/mol. The number of carbonyl (C=O) groups is 1. The van der Waals surface area contributed by atoms with Gasteiger partial charge in [-0.25, -0.2) is 4.79 Å². The lowest BCUT2D eigenvalue weighted by Gasteiger charge is -2.30. The minimum atomic E-state index is -0.479. The number of allylic oxidation sites excluding steroid dienone is 1. The fourth-order valence-corrected chi connectivity index (χ4v) is 3.42. The summed E-state index contributed by atoms with van der Waals surface area (Å²) < 4.78 is 16.7. The molecule has 0 amide bonds. The Balaban J connectivity index is 1.87. The summed E-state index contributed by atoms with van der Waals surface area (Å²) in [5.74, 6) is 0.729. The van der Waals surface area contributed by atoms with Gasteiger partial charge in [0.25, 0.3) is 0 Å². The first-order chi connectivity index (χ1) is 14.5. The molecule has 0 fully saturated rings. The van der Waals surface area contributed by atoms with Crippen LogP contribution in [0.25, 0.3) is 0 Å². The number of methoxy groups -OCH3 is 1. The molecule has 1 aliphatic rings. The van der Waals surface area contributed by atoms with Crippen molar-refractivity contribution in [2.75, 3.05) is 13.7 Å². The van der Waals surface area contributed by atoms with Crippen LogP contribution in [0.4, 0.5) is 0 Å². The van der Waals surface area contributed by atoms with E-state index in [4.69, 9.17) is 26.4 Å². The van der Waals surface area contributed by atoms with E-state index in [0.29, 0.717) is 34.5 Å². The number of esters is 1. The second-order valence-corrected chi connectivity index (χ2v) is 7.05. The third-order valence-corrected chi connectivity index (χ3v) is 4.80. The van der Waals surface area contributed by atoms with E-state index in [1.165, 1.54) is 6.08 Å². The van der Waals surface area contributed by atoms with Crippen LogP contribution >= 0.6 is 12.2 Å². The summed E-state index contributed by atoms with van der Waals surface area (Å²) in [5, 5.41) is 6.55. The molecule has 0 saturated heterocycles. The molecule has 6 nitrogen and oxygen atoms in total. The van der Waals surface area contributed by atoms with Gasteiger partial charge in [-0.1, -0.05) is 49.1 Å². The van der Waals surface area contributed by atoms with E-state index in [0.717, 1.165) is 11.1 Å². The monoisotopic (exact) mass is 424 g/mol. The van der Waals surface area contributed by atoms with Gasteiger partial charge in [-0.3, -0.25) is 0 Å². The van der Waals surface area contributed by atoms with Crippen LogP contribution in [0.15, 0.2) is 72.5 Å². The summed E-state index contributed by atoms with van der Waals surface area (Å²) in [6.45, 7) is 5.92. The Morgan fingerprint density at radius 3 is 2.67 bits per heavy atom. The number of carbonyl (C=O) groups excluding carboxylic acids is 1. The van der Waals surface area contributed by atoms with Crippen LogP contribution in [-0.2, 0) is 16.1 Å². The van der Waals surface area contributed by atoms with Gasteiger partial charge in [0.1, 0.15) is 13.2 Å².